The zero-order valence-electron chi connectivity index (χ0n) is 12.3. The molecule has 0 aliphatic heterocycles. The Kier molecular flexibility index (Phi) is 4.95. The summed E-state index contributed by atoms with van der Waals surface area (Å²) in [4.78, 5) is 30.5. The normalized spacial score (nSPS) is 15.7. The zero-order chi connectivity index (χ0) is 15.4. The average molecular weight is 295 g/mol. The molecule has 0 saturated heterocycles. The van der Waals surface area contributed by atoms with Gasteiger partial charge in [-0.05, 0) is 32.6 Å². The highest BCUT2D eigenvalue weighted by atomic mass is 16.5. The largest absolute Gasteiger partial charge is 0.466 e. The molecule has 3 N–H and O–H groups in total. The van der Waals surface area contributed by atoms with E-state index < -0.39 is 11.5 Å². The molecule has 1 aliphatic carbocycles. The molecule has 116 valence electrons. The Labute approximate surface area is 122 Å². The molecule has 1 heterocycles. The van der Waals surface area contributed by atoms with Gasteiger partial charge in [0.15, 0.2) is 0 Å². The fourth-order valence-electron chi connectivity index (χ4n) is 2.21. The van der Waals surface area contributed by atoms with Crippen LogP contribution in [0.15, 0.2) is 4.79 Å². The summed E-state index contributed by atoms with van der Waals surface area (Å²) in [7, 11) is 0. The Morgan fingerprint density at radius 3 is 2.67 bits per heavy atom. The van der Waals surface area contributed by atoms with Gasteiger partial charge in [0.1, 0.15) is 17.7 Å². The molecule has 2 rings (SSSR count). The van der Waals surface area contributed by atoms with E-state index in [9.17, 15) is 9.59 Å². The SMILES string of the molecule is CCOC(=O)Cc1c(N)nc(C(OCC)C2CC2)[nH]c1=O. The van der Waals surface area contributed by atoms with Crippen molar-refractivity contribution < 1.29 is 14.3 Å². The van der Waals surface area contributed by atoms with E-state index in [0.29, 0.717) is 18.3 Å². The fraction of sp³-hybridized carbons (Fsp3) is 0.643. The highest BCUT2D eigenvalue weighted by Gasteiger charge is 2.35. The summed E-state index contributed by atoms with van der Waals surface area (Å²) in [6.45, 7) is 4.40. The number of hydrogen-bond donors (Lipinski definition) is 2. The molecule has 1 fully saturated rings. The number of anilines is 1. The summed E-state index contributed by atoms with van der Waals surface area (Å²) in [6, 6.07) is 0. The van der Waals surface area contributed by atoms with E-state index in [4.69, 9.17) is 15.2 Å². The van der Waals surface area contributed by atoms with Crippen molar-refractivity contribution in [2.24, 2.45) is 5.92 Å². The van der Waals surface area contributed by atoms with Gasteiger partial charge in [0.25, 0.3) is 5.56 Å². The number of nitrogens with two attached hydrogens (primary N) is 1. The maximum atomic E-state index is 12.1. The molecule has 1 aliphatic rings. The second kappa shape index (κ2) is 6.71. The van der Waals surface area contributed by atoms with E-state index >= 15 is 0 Å². The number of aromatic amines is 1. The molecule has 1 aromatic heterocycles. The van der Waals surface area contributed by atoms with E-state index in [1.165, 1.54) is 0 Å². The van der Waals surface area contributed by atoms with Crippen LogP contribution in [0.5, 0.6) is 0 Å². The van der Waals surface area contributed by atoms with E-state index in [-0.39, 0.29) is 30.5 Å². The van der Waals surface area contributed by atoms with Crippen molar-refractivity contribution in [3.63, 3.8) is 0 Å². The van der Waals surface area contributed by atoms with Crippen molar-refractivity contribution in [1.82, 2.24) is 9.97 Å². The minimum atomic E-state index is -0.493. The zero-order valence-corrected chi connectivity index (χ0v) is 12.3. The van der Waals surface area contributed by atoms with Gasteiger partial charge < -0.3 is 20.2 Å². The highest BCUT2D eigenvalue weighted by Crippen LogP contribution is 2.42. The molecule has 1 saturated carbocycles. The molecule has 1 aromatic rings. The molecule has 21 heavy (non-hydrogen) atoms. The molecule has 1 unspecified atom stereocenters. The predicted octanol–water partition coefficient (Wildman–Crippen LogP) is 0.945. The lowest BCUT2D eigenvalue weighted by Gasteiger charge is -2.16. The van der Waals surface area contributed by atoms with Crippen molar-refractivity contribution in [3.8, 4) is 0 Å². The summed E-state index contributed by atoms with van der Waals surface area (Å²) in [6.07, 6.45) is 1.70. The number of aromatic nitrogens is 2. The lowest BCUT2D eigenvalue weighted by atomic mass is 10.2. The van der Waals surface area contributed by atoms with Crippen LogP contribution in [0, 0.1) is 5.92 Å². The van der Waals surface area contributed by atoms with E-state index in [1.54, 1.807) is 6.92 Å². The maximum absolute atomic E-state index is 12.1. The number of nitrogen functional groups attached to an aromatic ring is 1. The minimum absolute atomic E-state index is 0.0622. The van der Waals surface area contributed by atoms with Crippen LogP contribution >= 0.6 is 0 Å². The van der Waals surface area contributed by atoms with Crippen LogP contribution in [-0.4, -0.2) is 29.2 Å². The summed E-state index contributed by atoms with van der Waals surface area (Å²) in [5.74, 6) is 0.387. The smallest absolute Gasteiger partial charge is 0.310 e. The number of carbonyl (C=O) groups is 1. The summed E-state index contributed by atoms with van der Waals surface area (Å²) >= 11 is 0. The first-order chi connectivity index (χ1) is 10.1. The van der Waals surface area contributed by atoms with Crippen molar-refractivity contribution in [2.75, 3.05) is 18.9 Å². The number of hydrogen-bond acceptors (Lipinski definition) is 6. The van der Waals surface area contributed by atoms with Gasteiger partial charge in [-0.3, -0.25) is 9.59 Å². The van der Waals surface area contributed by atoms with Crippen molar-refractivity contribution in [2.45, 2.75) is 39.2 Å². The van der Waals surface area contributed by atoms with Gasteiger partial charge in [-0.25, -0.2) is 4.98 Å². The van der Waals surface area contributed by atoms with Crippen LogP contribution in [0.4, 0.5) is 5.82 Å². The van der Waals surface area contributed by atoms with Crippen molar-refractivity contribution in [1.29, 1.82) is 0 Å². The Balaban J connectivity index is 2.23. The molecular weight excluding hydrogens is 274 g/mol. The Bertz CT molecular complexity index is 566. The van der Waals surface area contributed by atoms with Crippen LogP contribution in [0.3, 0.4) is 0 Å². The third-order valence-electron chi connectivity index (χ3n) is 3.36. The Hall–Kier alpha value is -1.89. The first kappa shape index (κ1) is 15.5. The lowest BCUT2D eigenvalue weighted by molar-refractivity contribution is -0.142. The van der Waals surface area contributed by atoms with E-state index in [1.807, 2.05) is 6.92 Å². The third-order valence-corrected chi connectivity index (χ3v) is 3.36. The molecule has 7 nitrogen and oxygen atoms in total. The minimum Gasteiger partial charge on any atom is -0.466 e. The van der Waals surface area contributed by atoms with Gasteiger partial charge in [-0.2, -0.15) is 0 Å². The molecule has 0 radical (unpaired) electrons. The van der Waals surface area contributed by atoms with Gasteiger partial charge in [0, 0.05) is 6.61 Å². The second-order valence-corrected chi connectivity index (χ2v) is 5.01. The predicted molar refractivity (Wildman–Crippen MR) is 76.7 cm³/mol. The summed E-state index contributed by atoms with van der Waals surface area (Å²) < 4.78 is 10.5. The Morgan fingerprint density at radius 2 is 2.14 bits per heavy atom. The number of H-pyrrole nitrogens is 1. The Morgan fingerprint density at radius 1 is 1.43 bits per heavy atom. The van der Waals surface area contributed by atoms with Crippen LogP contribution in [-0.2, 0) is 20.7 Å². The molecule has 1 atom stereocenters. The van der Waals surface area contributed by atoms with Crippen LogP contribution in [0.1, 0.15) is 44.2 Å². The highest BCUT2D eigenvalue weighted by molar-refractivity contribution is 5.74. The number of nitrogens with zero attached hydrogens (tertiary/aromatic N) is 1. The molecule has 0 spiro atoms. The van der Waals surface area contributed by atoms with Crippen molar-refractivity contribution >= 4 is 11.8 Å². The molecule has 0 bridgehead atoms. The monoisotopic (exact) mass is 295 g/mol. The lowest BCUT2D eigenvalue weighted by Crippen LogP contribution is -2.25. The number of nitrogens with one attached hydrogen (secondary N) is 1. The number of esters is 1. The number of rotatable bonds is 7. The van der Waals surface area contributed by atoms with Gasteiger partial charge in [-0.1, -0.05) is 0 Å². The molecule has 0 aromatic carbocycles. The van der Waals surface area contributed by atoms with Crippen molar-refractivity contribution in [3.05, 3.63) is 21.7 Å². The second-order valence-electron chi connectivity index (χ2n) is 5.01. The molecular formula is C14H21N3O4. The molecule has 0 amide bonds. The van der Waals surface area contributed by atoms with Crippen LogP contribution < -0.4 is 11.3 Å². The maximum Gasteiger partial charge on any atom is 0.310 e. The number of carbonyl (C=O) groups excluding carboxylic acids is 1. The van der Waals surface area contributed by atoms with Crippen LogP contribution in [0.25, 0.3) is 0 Å². The number of ether oxygens (including phenoxy) is 2. The van der Waals surface area contributed by atoms with Gasteiger partial charge in [-0.15, -0.1) is 0 Å². The standard InChI is InChI=1S/C14H21N3O4/c1-3-20-10(18)7-9-12(15)16-13(17-14(9)19)11(21-4-2)8-5-6-8/h8,11H,3-7H2,1-2H3,(H3,15,16,17,19). The van der Waals surface area contributed by atoms with Gasteiger partial charge in [0.05, 0.1) is 18.6 Å². The fourth-order valence-corrected chi connectivity index (χ4v) is 2.21. The first-order valence-electron chi connectivity index (χ1n) is 7.22. The molecule has 7 heteroatoms. The van der Waals surface area contributed by atoms with Gasteiger partial charge in [0.2, 0.25) is 0 Å². The quantitative estimate of drug-likeness (QED) is 0.725. The topological polar surface area (TPSA) is 107 Å². The first-order valence-corrected chi connectivity index (χ1v) is 7.22. The van der Waals surface area contributed by atoms with E-state index in [2.05, 4.69) is 9.97 Å². The third kappa shape index (κ3) is 3.81. The van der Waals surface area contributed by atoms with Gasteiger partial charge >= 0.3 is 5.97 Å². The van der Waals surface area contributed by atoms with E-state index in [0.717, 1.165) is 12.8 Å². The summed E-state index contributed by atoms with van der Waals surface area (Å²) in [5.41, 5.74) is 5.56. The van der Waals surface area contributed by atoms with Crippen LogP contribution in [0.2, 0.25) is 0 Å². The average Bonchev–Trinajstić information content (AvgIpc) is 3.24. The summed E-state index contributed by atoms with van der Waals surface area (Å²) in [5, 5.41) is 0.